The van der Waals surface area contributed by atoms with Gasteiger partial charge in [0, 0.05) is 10.8 Å². The van der Waals surface area contributed by atoms with Crippen molar-refractivity contribution in [1.82, 2.24) is 4.57 Å². The van der Waals surface area contributed by atoms with Gasteiger partial charge in [0.05, 0.1) is 28.8 Å². The van der Waals surface area contributed by atoms with Crippen molar-refractivity contribution in [3.05, 3.63) is 80.3 Å². The molecule has 2 amide bonds. The van der Waals surface area contributed by atoms with E-state index in [-0.39, 0.29) is 18.8 Å². The van der Waals surface area contributed by atoms with Crippen LogP contribution in [0, 0.1) is 5.92 Å². The van der Waals surface area contributed by atoms with Crippen LogP contribution in [0.1, 0.15) is 28.8 Å². The lowest BCUT2D eigenvalue weighted by Crippen LogP contribution is -2.32. The van der Waals surface area contributed by atoms with Gasteiger partial charge in [-0.15, -0.1) is 0 Å². The largest absolute Gasteiger partial charge is 0.465 e. The lowest BCUT2D eigenvalue weighted by molar-refractivity contribution is -0.144. The molecular formula is C25H19F3N2O5S2. The minimum Gasteiger partial charge on any atom is -0.465 e. The second-order valence-electron chi connectivity index (χ2n) is 8.44. The van der Waals surface area contributed by atoms with E-state index >= 15 is 0 Å². The fourth-order valence-electron chi connectivity index (χ4n) is 4.69. The van der Waals surface area contributed by atoms with Crippen LogP contribution in [-0.4, -0.2) is 34.2 Å². The number of carbonyl (C=O) groups excluding carboxylic acids is 3. The number of hydrogen-bond acceptors (Lipinski definition) is 7. The van der Waals surface area contributed by atoms with Crippen molar-refractivity contribution < 1.29 is 32.3 Å². The first-order valence-corrected chi connectivity index (χ1v) is 13.0. The smallest absolute Gasteiger partial charge is 0.416 e. The second kappa shape index (κ2) is 9.49. The third-order valence-electron chi connectivity index (χ3n) is 6.23. The molecule has 5 rings (SSSR count). The number of benzene rings is 2. The second-order valence-corrected chi connectivity index (χ2v) is 10.6. The van der Waals surface area contributed by atoms with Gasteiger partial charge < -0.3 is 4.74 Å². The number of thiazole rings is 1. The summed E-state index contributed by atoms with van der Waals surface area (Å²) in [6.45, 7) is 1.41. The molecule has 37 heavy (non-hydrogen) atoms. The monoisotopic (exact) mass is 548 g/mol. The summed E-state index contributed by atoms with van der Waals surface area (Å²) in [7, 11) is 0. The molecule has 0 unspecified atom stereocenters. The SMILES string of the molecule is CCOC(=O)Cn1c2c(sc1=O)[C@@H](c1ccccc1)[C@@H]1C(=O)N(c3cccc(C(F)(F)F)c3)C(=O)[C@@H]1S2. The Balaban J connectivity index is 1.62. The molecule has 0 N–H and O–H groups in total. The summed E-state index contributed by atoms with van der Waals surface area (Å²) in [6, 6.07) is 12.9. The summed E-state index contributed by atoms with van der Waals surface area (Å²) in [5, 5.41) is -0.618. The number of anilines is 1. The first-order chi connectivity index (χ1) is 17.6. The standard InChI is InChI=1S/C25H19F3N2O5S2/c1-2-35-16(31)12-29-23-20(37-24(29)34)17(13-7-4-3-5-8-13)18-19(36-23)22(33)30(21(18)32)15-10-6-9-14(11-15)25(26,27)28/h3-11,17-19H,2,12H2,1H3/t17-,18-,19+/m0/s1. The molecule has 7 nitrogen and oxygen atoms in total. The molecule has 3 aromatic rings. The van der Waals surface area contributed by atoms with Gasteiger partial charge in [0.1, 0.15) is 11.8 Å². The van der Waals surface area contributed by atoms with Crippen LogP contribution in [-0.2, 0) is 31.8 Å². The van der Waals surface area contributed by atoms with Gasteiger partial charge in [-0.25, -0.2) is 4.90 Å². The van der Waals surface area contributed by atoms with E-state index in [0.29, 0.717) is 15.5 Å². The summed E-state index contributed by atoms with van der Waals surface area (Å²) in [5.41, 5.74) is -0.468. The first-order valence-electron chi connectivity index (χ1n) is 11.3. The maximum Gasteiger partial charge on any atom is 0.416 e. The predicted octanol–water partition coefficient (Wildman–Crippen LogP) is 4.29. The molecular weight excluding hydrogens is 529 g/mol. The minimum absolute atomic E-state index is 0.128. The van der Waals surface area contributed by atoms with Gasteiger partial charge in [0.2, 0.25) is 11.8 Å². The summed E-state index contributed by atoms with van der Waals surface area (Å²) in [6.07, 6.45) is -4.65. The van der Waals surface area contributed by atoms with Crippen molar-refractivity contribution in [3.63, 3.8) is 0 Å². The number of alkyl halides is 3. The van der Waals surface area contributed by atoms with Crippen molar-refractivity contribution in [2.75, 3.05) is 11.5 Å². The van der Waals surface area contributed by atoms with Gasteiger partial charge in [-0.2, -0.15) is 13.2 Å². The Labute approximate surface area is 216 Å². The van der Waals surface area contributed by atoms with E-state index in [4.69, 9.17) is 4.74 Å². The Bertz CT molecular complexity index is 1450. The highest BCUT2D eigenvalue weighted by molar-refractivity contribution is 8.00. The third-order valence-corrected chi connectivity index (χ3v) is 8.84. The van der Waals surface area contributed by atoms with E-state index in [1.165, 1.54) is 10.6 Å². The Morgan fingerprint density at radius 1 is 1.03 bits per heavy atom. The topological polar surface area (TPSA) is 85.7 Å². The number of fused-ring (bicyclic) bond motifs is 2. The molecule has 192 valence electrons. The third kappa shape index (κ3) is 4.37. The van der Waals surface area contributed by atoms with Crippen LogP contribution >= 0.6 is 23.1 Å². The molecule has 1 saturated heterocycles. The Kier molecular flexibility index (Phi) is 6.48. The number of imide groups is 1. The maximum absolute atomic E-state index is 13.7. The number of thioether (sulfide) groups is 1. The molecule has 2 aliphatic rings. The number of nitrogens with zero attached hydrogens (tertiary/aromatic N) is 2. The number of ether oxygens (including phenoxy) is 1. The molecule has 0 bridgehead atoms. The quantitative estimate of drug-likeness (QED) is 0.350. The number of carbonyl (C=O) groups is 3. The lowest BCUT2D eigenvalue weighted by Gasteiger charge is -2.30. The zero-order valence-corrected chi connectivity index (χ0v) is 20.9. The Morgan fingerprint density at radius 2 is 1.76 bits per heavy atom. The van der Waals surface area contributed by atoms with Crippen LogP contribution in [0.4, 0.5) is 18.9 Å². The molecule has 0 spiro atoms. The molecule has 3 atom stereocenters. The van der Waals surface area contributed by atoms with Gasteiger partial charge in [-0.05, 0) is 30.7 Å². The van der Waals surface area contributed by atoms with Crippen molar-refractivity contribution in [2.24, 2.45) is 5.92 Å². The van der Waals surface area contributed by atoms with Crippen LogP contribution in [0.2, 0.25) is 0 Å². The summed E-state index contributed by atoms with van der Waals surface area (Å²) < 4.78 is 46.3. The van der Waals surface area contributed by atoms with Crippen LogP contribution in [0.3, 0.4) is 0 Å². The number of hydrogen-bond donors (Lipinski definition) is 0. The van der Waals surface area contributed by atoms with Crippen LogP contribution < -0.4 is 9.77 Å². The summed E-state index contributed by atoms with van der Waals surface area (Å²) >= 11 is 1.87. The summed E-state index contributed by atoms with van der Waals surface area (Å²) in [4.78, 5) is 53.3. The van der Waals surface area contributed by atoms with Crippen molar-refractivity contribution in [3.8, 4) is 0 Å². The zero-order valence-electron chi connectivity index (χ0n) is 19.2. The minimum atomic E-state index is -4.65. The molecule has 0 saturated carbocycles. The van der Waals surface area contributed by atoms with E-state index in [9.17, 15) is 32.3 Å². The molecule has 0 aliphatic carbocycles. The van der Waals surface area contributed by atoms with Gasteiger partial charge >= 0.3 is 17.0 Å². The van der Waals surface area contributed by atoms with Gasteiger partial charge in [0.15, 0.2) is 0 Å². The predicted molar refractivity (Wildman–Crippen MR) is 131 cm³/mol. The summed E-state index contributed by atoms with van der Waals surface area (Å²) in [5.74, 6) is -3.58. The average molecular weight is 549 g/mol. The van der Waals surface area contributed by atoms with Gasteiger partial charge in [-0.1, -0.05) is 59.5 Å². The van der Waals surface area contributed by atoms with Crippen molar-refractivity contribution in [1.29, 1.82) is 0 Å². The van der Waals surface area contributed by atoms with Crippen LogP contribution in [0.5, 0.6) is 0 Å². The zero-order chi connectivity index (χ0) is 26.5. The number of halogens is 3. The van der Waals surface area contributed by atoms with Gasteiger partial charge in [0.25, 0.3) is 0 Å². The molecule has 0 radical (unpaired) electrons. The van der Waals surface area contributed by atoms with E-state index in [2.05, 4.69) is 0 Å². The number of rotatable bonds is 5. The number of amides is 2. The Morgan fingerprint density at radius 3 is 2.43 bits per heavy atom. The van der Waals surface area contributed by atoms with E-state index in [1.54, 1.807) is 37.3 Å². The lowest BCUT2D eigenvalue weighted by atomic mass is 9.83. The van der Waals surface area contributed by atoms with Crippen LogP contribution in [0.25, 0.3) is 0 Å². The maximum atomic E-state index is 13.7. The fraction of sp³-hybridized carbons (Fsp3) is 0.280. The average Bonchev–Trinajstić information content (AvgIpc) is 3.30. The molecule has 12 heteroatoms. The van der Waals surface area contributed by atoms with Crippen molar-refractivity contribution >= 4 is 46.6 Å². The van der Waals surface area contributed by atoms with E-state index in [1.807, 2.05) is 0 Å². The normalized spacial score (nSPS) is 21.1. The molecule has 1 aromatic heterocycles. The van der Waals surface area contributed by atoms with E-state index < -0.39 is 51.5 Å². The highest BCUT2D eigenvalue weighted by Gasteiger charge is 2.57. The van der Waals surface area contributed by atoms with Crippen molar-refractivity contribution in [2.45, 2.75) is 35.8 Å². The molecule has 1 fully saturated rings. The van der Waals surface area contributed by atoms with E-state index in [0.717, 1.165) is 46.2 Å². The Hall–Kier alpha value is -3.38. The highest BCUT2D eigenvalue weighted by Crippen LogP contribution is 2.54. The number of aromatic nitrogens is 1. The highest BCUT2D eigenvalue weighted by atomic mass is 32.2. The number of esters is 1. The van der Waals surface area contributed by atoms with Gasteiger partial charge in [-0.3, -0.25) is 23.7 Å². The molecule has 3 heterocycles. The molecule has 2 aliphatic heterocycles. The van der Waals surface area contributed by atoms with Crippen LogP contribution in [0.15, 0.2) is 64.4 Å². The first kappa shape index (κ1) is 25.3. The molecule has 2 aromatic carbocycles. The fourth-order valence-corrected chi connectivity index (χ4v) is 7.46.